The molecule has 1 aromatic rings. The Hall–Kier alpha value is -0.830. The molecule has 18 heavy (non-hydrogen) atoms. The molecule has 0 bridgehead atoms. The standard InChI is InChI=1S/C15H17ClO2/c16-14-3-1-12(2-4-14)11-13-5-7-15(8-6-13)17-9-10-18-15/h1-4,11H,5-10H2. The molecule has 1 saturated carbocycles. The summed E-state index contributed by atoms with van der Waals surface area (Å²) in [4.78, 5) is 0. The molecule has 2 fully saturated rings. The van der Waals surface area contributed by atoms with Crippen LogP contribution in [0.4, 0.5) is 0 Å². The summed E-state index contributed by atoms with van der Waals surface area (Å²) in [5.41, 5.74) is 2.70. The van der Waals surface area contributed by atoms with Crippen LogP contribution in [0.5, 0.6) is 0 Å². The first kappa shape index (κ1) is 12.2. The van der Waals surface area contributed by atoms with Crippen molar-refractivity contribution in [1.82, 2.24) is 0 Å². The molecule has 1 saturated heterocycles. The Morgan fingerprint density at radius 3 is 2.22 bits per heavy atom. The van der Waals surface area contributed by atoms with Crippen LogP contribution in [0.25, 0.3) is 6.08 Å². The molecule has 2 nitrogen and oxygen atoms in total. The Bertz CT molecular complexity index is 432. The van der Waals surface area contributed by atoms with E-state index in [4.69, 9.17) is 21.1 Å². The lowest BCUT2D eigenvalue weighted by Gasteiger charge is -2.32. The Morgan fingerprint density at radius 1 is 1.00 bits per heavy atom. The number of rotatable bonds is 1. The first-order valence-corrected chi connectivity index (χ1v) is 6.87. The van der Waals surface area contributed by atoms with Crippen LogP contribution in [-0.4, -0.2) is 19.0 Å². The van der Waals surface area contributed by atoms with Crippen LogP contribution in [0.15, 0.2) is 29.8 Å². The van der Waals surface area contributed by atoms with Gasteiger partial charge in [-0.3, -0.25) is 0 Å². The number of benzene rings is 1. The van der Waals surface area contributed by atoms with E-state index in [-0.39, 0.29) is 5.79 Å². The van der Waals surface area contributed by atoms with E-state index >= 15 is 0 Å². The van der Waals surface area contributed by atoms with E-state index in [1.165, 1.54) is 11.1 Å². The molecule has 1 aliphatic heterocycles. The number of halogens is 1. The van der Waals surface area contributed by atoms with Gasteiger partial charge in [-0.2, -0.15) is 0 Å². The molecule has 0 unspecified atom stereocenters. The number of hydrogen-bond acceptors (Lipinski definition) is 2. The van der Waals surface area contributed by atoms with Crippen molar-refractivity contribution in [3.63, 3.8) is 0 Å². The molecule has 0 aromatic heterocycles. The Labute approximate surface area is 113 Å². The molecule has 96 valence electrons. The molecule has 0 amide bonds. The van der Waals surface area contributed by atoms with Gasteiger partial charge in [-0.25, -0.2) is 0 Å². The van der Waals surface area contributed by atoms with Crippen LogP contribution in [-0.2, 0) is 9.47 Å². The van der Waals surface area contributed by atoms with Crippen LogP contribution in [0.2, 0.25) is 5.02 Å². The molecule has 0 N–H and O–H groups in total. The van der Waals surface area contributed by atoms with Crippen LogP contribution < -0.4 is 0 Å². The van der Waals surface area contributed by atoms with Crippen LogP contribution in [0.3, 0.4) is 0 Å². The second-order valence-corrected chi connectivity index (χ2v) is 5.40. The molecular formula is C15H17ClO2. The van der Waals surface area contributed by atoms with Crippen molar-refractivity contribution < 1.29 is 9.47 Å². The zero-order chi connectivity index (χ0) is 12.4. The van der Waals surface area contributed by atoms with Crippen molar-refractivity contribution in [3.05, 3.63) is 40.4 Å². The summed E-state index contributed by atoms with van der Waals surface area (Å²) in [6.45, 7) is 1.49. The van der Waals surface area contributed by atoms with E-state index in [2.05, 4.69) is 18.2 Å². The minimum Gasteiger partial charge on any atom is -0.348 e. The van der Waals surface area contributed by atoms with Gasteiger partial charge in [0, 0.05) is 17.9 Å². The largest absolute Gasteiger partial charge is 0.348 e. The maximum atomic E-state index is 5.88. The molecule has 1 heterocycles. The Morgan fingerprint density at radius 2 is 1.61 bits per heavy atom. The summed E-state index contributed by atoms with van der Waals surface area (Å²) in [6.07, 6.45) is 6.34. The van der Waals surface area contributed by atoms with Crippen molar-refractivity contribution in [2.24, 2.45) is 0 Å². The summed E-state index contributed by atoms with van der Waals surface area (Å²) in [5, 5.41) is 0.785. The number of hydrogen-bond donors (Lipinski definition) is 0. The molecule has 2 aliphatic rings. The van der Waals surface area contributed by atoms with E-state index in [1.54, 1.807) is 0 Å². The molecule has 1 aromatic carbocycles. The van der Waals surface area contributed by atoms with Crippen LogP contribution in [0, 0.1) is 0 Å². The summed E-state index contributed by atoms with van der Waals surface area (Å²) in [7, 11) is 0. The summed E-state index contributed by atoms with van der Waals surface area (Å²) >= 11 is 5.88. The average Bonchev–Trinajstić information content (AvgIpc) is 2.84. The summed E-state index contributed by atoms with van der Waals surface area (Å²) in [5.74, 6) is -0.267. The first-order chi connectivity index (χ1) is 8.76. The highest BCUT2D eigenvalue weighted by atomic mass is 35.5. The SMILES string of the molecule is Clc1ccc(C=C2CCC3(CC2)OCCO3)cc1. The minimum absolute atomic E-state index is 0.267. The molecule has 3 rings (SSSR count). The van der Waals surface area contributed by atoms with Gasteiger partial charge < -0.3 is 9.47 Å². The van der Waals surface area contributed by atoms with E-state index in [0.717, 1.165) is 43.9 Å². The average molecular weight is 265 g/mol. The highest BCUT2D eigenvalue weighted by molar-refractivity contribution is 6.30. The van der Waals surface area contributed by atoms with Gasteiger partial charge in [0.1, 0.15) is 0 Å². The van der Waals surface area contributed by atoms with Gasteiger partial charge in [0.25, 0.3) is 0 Å². The third-order valence-corrected chi connectivity index (χ3v) is 3.96. The normalized spacial score (nSPS) is 22.4. The number of allylic oxidation sites excluding steroid dienone is 1. The van der Waals surface area contributed by atoms with E-state index in [0.29, 0.717) is 0 Å². The van der Waals surface area contributed by atoms with Crippen LogP contribution >= 0.6 is 11.6 Å². The molecule has 3 heteroatoms. The van der Waals surface area contributed by atoms with Crippen molar-refractivity contribution in [1.29, 1.82) is 0 Å². The van der Waals surface area contributed by atoms with Crippen LogP contribution in [0.1, 0.15) is 31.2 Å². The summed E-state index contributed by atoms with van der Waals surface area (Å²) in [6, 6.07) is 7.98. The second-order valence-electron chi connectivity index (χ2n) is 4.96. The monoisotopic (exact) mass is 264 g/mol. The van der Waals surface area contributed by atoms with Crippen molar-refractivity contribution >= 4 is 17.7 Å². The maximum absolute atomic E-state index is 5.88. The van der Waals surface area contributed by atoms with E-state index in [9.17, 15) is 0 Å². The fourth-order valence-electron chi connectivity index (χ4n) is 2.68. The number of ether oxygens (including phenoxy) is 2. The zero-order valence-electron chi connectivity index (χ0n) is 10.3. The molecular weight excluding hydrogens is 248 g/mol. The minimum atomic E-state index is -0.267. The maximum Gasteiger partial charge on any atom is 0.169 e. The third-order valence-electron chi connectivity index (χ3n) is 3.71. The van der Waals surface area contributed by atoms with E-state index in [1.807, 2.05) is 12.1 Å². The van der Waals surface area contributed by atoms with Gasteiger partial charge in [0.2, 0.25) is 0 Å². The Kier molecular flexibility index (Phi) is 3.42. The fourth-order valence-corrected chi connectivity index (χ4v) is 2.80. The van der Waals surface area contributed by atoms with Crippen molar-refractivity contribution in [3.8, 4) is 0 Å². The van der Waals surface area contributed by atoms with Gasteiger partial charge in [-0.1, -0.05) is 35.4 Å². The predicted molar refractivity (Wildman–Crippen MR) is 72.5 cm³/mol. The van der Waals surface area contributed by atoms with Gasteiger partial charge >= 0.3 is 0 Å². The second kappa shape index (κ2) is 5.04. The lowest BCUT2D eigenvalue weighted by Crippen LogP contribution is -2.33. The van der Waals surface area contributed by atoms with Crippen molar-refractivity contribution in [2.45, 2.75) is 31.5 Å². The molecule has 1 aliphatic carbocycles. The van der Waals surface area contributed by atoms with Gasteiger partial charge in [0.05, 0.1) is 13.2 Å². The lowest BCUT2D eigenvalue weighted by atomic mass is 9.88. The topological polar surface area (TPSA) is 18.5 Å². The highest BCUT2D eigenvalue weighted by Crippen LogP contribution is 2.38. The summed E-state index contributed by atoms with van der Waals surface area (Å²) < 4.78 is 11.5. The molecule has 0 atom stereocenters. The van der Waals surface area contributed by atoms with E-state index < -0.39 is 0 Å². The molecule has 0 radical (unpaired) electrons. The Balaban J connectivity index is 1.67. The van der Waals surface area contributed by atoms with Gasteiger partial charge in [0.15, 0.2) is 5.79 Å². The lowest BCUT2D eigenvalue weighted by molar-refractivity contribution is -0.171. The third kappa shape index (κ3) is 2.61. The highest BCUT2D eigenvalue weighted by Gasteiger charge is 2.38. The zero-order valence-corrected chi connectivity index (χ0v) is 11.1. The molecule has 1 spiro atoms. The fraction of sp³-hybridized carbons (Fsp3) is 0.467. The quantitative estimate of drug-likeness (QED) is 0.762. The predicted octanol–water partition coefficient (Wildman–Crippen LogP) is 4.04. The van der Waals surface area contributed by atoms with Gasteiger partial charge in [-0.15, -0.1) is 0 Å². The smallest absolute Gasteiger partial charge is 0.169 e. The van der Waals surface area contributed by atoms with Crippen molar-refractivity contribution in [2.75, 3.05) is 13.2 Å². The first-order valence-electron chi connectivity index (χ1n) is 6.49. The van der Waals surface area contributed by atoms with Gasteiger partial charge in [-0.05, 0) is 30.5 Å².